The van der Waals surface area contributed by atoms with Gasteiger partial charge in [-0.15, -0.1) is 11.8 Å². The van der Waals surface area contributed by atoms with E-state index in [0.717, 1.165) is 16.7 Å². The van der Waals surface area contributed by atoms with Crippen LogP contribution in [0.4, 0.5) is 5.82 Å². The Morgan fingerprint density at radius 1 is 1.25 bits per heavy atom. The fourth-order valence-corrected chi connectivity index (χ4v) is 4.35. The Morgan fingerprint density at radius 2 is 2.14 bits per heavy atom. The number of benzene rings is 2. The van der Waals surface area contributed by atoms with Gasteiger partial charge in [0.05, 0.1) is 24.3 Å². The van der Waals surface area contributed by atoms with Gasteiger partial charge in [-0.05, 0) is 35.4 Å². The number of methoxy groups -OCH3 is 1. The first kappa shape index (κ1) is 18.7. The third kappa shape index (κ3) is 3.95. The van der Waals surface area contributed by atoms with E-state index in [0.29, 0.717) is 34.7 Å². The van der Waals surface area contributed by atoms with Gasteiger partial charge in [0.25, 0.3) is 0 Å². The van der Waals surface area contributed by atoms with Crippen molar-refractivity contribution in [2.75, 3.05) is 18.2 Å². The molecule has 2 N–H and O–H groups in total. The lowest BCUT2D eigenvalue weighted by molar-refractivity contribution is -0.113. The van der Waals surface area contributed by atoms with Gasteiger partial charge in [0.2, 0.25) is 5.91 Å². The predicted molar refractivity (Wildman–Crippen MR) is 110 cm³/mol. The maximum atomic E-state index is 11.9. The second-order valence-corrected chi connectivity index (χ2v) is 7.80. The average molecular weight is 416 g/mol. The summed E-state index contributed by atoms with van der Waals surface area (Å²) >= 11 is 7.60. The number of nitrogens with one attached hydrogen (secondary N) is 2. The van der Waals surface area contributed by atoms with Gasteiger partial charge in [0, 0.05) is 10.6 Å². The summed E-state index contributed by atoms with van der Waals surface area (Å²) in [6, 6.07) is 13.4. The molecular weight excluding hydrogens is 398 g/mol. The minimum absolute atomic E-state index is 0.0490. The third-order valence-corrected chi connectivity index (χ3v) is 5.89. The molecule has 1 aromatic heterocycles. The molecule has 0 aliphatic carbocycles. The molecule has 1 aliphatic rings. The van der Waals surface area contributed by atoms with Gasteiger partial charge in [0.15, 0.2) is 11.5 Å². The van der Waals surface area contributed by atoms with E-state index >= 15 is 0 Å². The second kappa shape index (κ2) is 8.16. The Balaban J connectivity index is 1.62. The lowest BCUT2D eigenvalue weighted by Gasteiger charge is -2.17. The maximum absolute atomic E-state index is 11.9. The van der Waals surface area contributed by atoms with Crippen molar-refractivity contribution in [3.8, 4) is 11.5 Å². The minimum Gasteiger partial charge on any atom is -0.493 e. The van der Waals surface area contributed by atoms with Crippen LogP contribution in [0.5, 0.6) is 11.5 Å². The second-order valence-electron chi connectivity index (χ2n) is 6.27. The van der Waals surface area contributed by atoms with Crippen LogP contribution in [0.1, 0.15) is 21.9 Å². The largest absolute Gasteiger partial charge is 0.493 e. The van der Waals surface area contributed by atoms with Crippen molar-refractivity contribution in [3.05, 3.63) is 70.4 Å². The molecule has 0 fully saturated rings. The number of nitrogens with zero attached hydrogens (tertiary/aromatic N) is 1. The maximum Gasteiger partial charge on any atom is 0.235 e. The molecule has 1 aliphatic heterocycles. The molecule has 0 radical (unpaired) electrons. The average Bonchev–Trinajstić information content (AvgIpc) is 3.08. The van der Waals surface area contributed by atoms with E-state index in [-0.39, 0.29) is 11.2 Å². The van der Waals surface area contributed by atoms with Gasteiger partial charge >= 0.3 is 0 Å². The fraction of sp³-hybridized carbons (Fsp3) is 0.200. The SMILES string of the molecule is COc1ccc([C@H]2SCC(=O)Nc3[nH]ncc32)cc1OCc1cccc(Cl)c1. The summed E-state index contributed by atoms with van der Waals surface area (Å²) in [6.07, 6.45) is 1.75. The number of aromatic nitrogens is 2. The number of halogens is 1. The van der Waals surface area contributed by atoms with Gasteiger partial charge in [-0.2, -0.15) is 5.10 Å². The van der Waals surface area contributed by atoms with Gasteiger partial charge < -0.3 is 14.8 Å². The Morgan fingerprint density at radius 3 is 2.96 bits per heavy atom. The Hall–Kier alpha value is -2.64. The van der Waals surface area contributed by atoms with Gasteiger partial charge in [-0.1, -0.05) is 29.8 Å². The van der Waals surface area contributed by atoms with Crippen molar-refractivity contribution in [2.45, 2.75) is 11.9 Å². The molecule has 144 valence electrons. The molecule has 4 rings (SSSR count). The number of carbonyl (C=O) groups is 1. The normalized spacial score (nSPS) is 16.1. The van der Waals surface area contributed by atoms with Crippen molar-refractivity contribution >= 4 is 35.1 Å². The van der Waals surface area contributed by atoms with E-state index in [2.05, 4.69) is 15.5 Å². The number of fused-ring (bicyclic) bond motifs is 1. The van der Waals surface area contributed by atoms with Crippen LogP contribution in [0, 0.1) is 0 Å². The molecule has 1 atom stereocenters. The minimum atomic E-state index is -0.0519. The summed E-state index contributed by atoms with van der Waals surface area (Å²) < 4.78 is 11.5. The monoisotopic (exact) mass is 415 g/mol. The topological polar surface area (TPSA) is 76.2 Å². The van der Waals surface area contributed by atoms with Crippen molar-refractivity contribution in [2.24, 2.45) is 0 Å². The number of ether oxygens (including phenoxy) is 2. The number of aromatic amines is 1. The lowest BCUT2D eigenvalue weighted by Crippen LogP contribution is -2.12. The van der Waals surface area contributed by atoms with Crippen LogP contribution < -0.4 is 14.8 Å². The summed E-state index contributed by atoms with van der Waals surface area (Å²) in [4.78, 5) is 11.9. The number of anilines is 1. The highest BCUT2D eigenvalue weighted by Crippen LogP contribution is 2.43. The number of H-pyrrole nitrogens is 1. The van der Waals surface area contributed by atoms with Crippen LogP contribution in [0.3, 0.4) is 0 Å². The number of amides is 1. The van der Waals surface area contributed by atoms with Gasteiger partial charge in [-0.3, -0.25) is 9.89 Å². The number of hydrogen-bond donors (Lipinski definition) is 2. The lowest BCUT2D eigenvalue weighted by atomic mass is 10.1. The molecule has 3 aromatic rings. The van der Waals surface area contributed by atoms with Crippen molar-refractivity contribution in [1.82, 2.24) is 10.2 Å². The molecule has 0 saturated heterocycles. The summed E-state index contributed by atoms with van der Waals surface area (Å²) in [5.74, 6) is 2.22. The Kier molecular flexibility index (Phi) is 5.45. The number of rotatable bonds is 5. The highest BCUT2D eigenvalue weighted by Gasteiger charge is 2.26. The van der Waals surface area contributed by atoms with Crippen LogP contribution in [0.15, 0.2) is 48.7 Å². The van der Waals surface area contributed by atoms with Crippen LogP contribution in [-0.4, -0.2) is 29.0 Å². The highest BCUT2D eigenvalue weighted by atomic mass is 35.5. The fourth-order valence-electron chi connectivity index (χ4n) is 3.05. The molecule has 28 heavy (non-hydrogen) atoms. The molecule has 0 bridgehead atoms. The predicted octanol–water partition coefficient (Wildman–Crippen LogP) is 4.43. The molecule has 0 spiro atoms. The molecule has 1 amide bonds. The quantitative estimate of drug-likeness (QED) is 0.644. The summed E-state index contributed by atoms with van der Waals surface area (Å²) in [7, 11) is 1.61. The van der Waals surface area contributed by atoms with Crippen LogP contribution in [0.25, 0.3) is 0 Å². The van der Waals surface area contributed by atoms with Crippen molar-refractivity contribution in [3.63, 3.8) is 0 Å². The molecule has 0 unspecified atom stereocenters. The Labute approximate surface area is 171 Å². The van der Waals surface area contributed by atoms with Gasteiger partial charge in [0.1, 0.15) is 12.4 Å². The first-order chi connectivity index (χ1) is 13.6. The van der Waals surface area contributed by atoms with Crippen LogP contribution in [0.2, 0.25) is 5.02 Å². The third-order valence-electron chi connectivity index (χ3n) is 4.37. The Bertz CT molecular complexity index is 1010. The number of thioether (sulfide) groups is 1. The molecular formula is C20H18ClN3O3S. The zero-order chi connectivity index (χ0) is 19.5. The van der Waals surface area contributed by atoms with E-state index in [4.69, 9.17) is 21.1 Å². The molecule has 6 nitrogen and oxygen atoms in total. The van der Waals surface area contributed by atoms with Gasteiger partial charge in [-0.25, -0.2) is 0 Å². The van der Waals surface area contributed by atoms with E-state index in [1.807, 2.05) is 42.5 Å². The van der Waals surface area contributed by atoms with Crippen molar-refractivity contribution in [1.29, 1.82) is 0 Å². The first-order valence-corrected chi connectivity index (χ1v) is 10.1. The van der Waals surface area contributed by atoms with E-state index in [1.165, 1.54) is 0 Å². The van der Waals surface area contributed by atoms with E-state index < -0.39 is 0 Å². The van der Waals surface area contributed by atoms with Crippen LogP contribution >= 0.6 is 23.4 Å². The standard InChI is InChI=1S/C20H18ClN3O3S/c1-26-16-6-5-13(8-17(16)27-10-12-3-2-4-14(21)7-12)19-15-9-22-24-20(15)23-18(25)11-28-19/h2-9,19H,10-11H2,1H3,(H2,22,23,24,25)/t19-/m1/s1. The first-order valence-electron chi connectivity index (χ1n) is 8.64. The molecule has 2 heterocycles. The summed E-state index contributed by atoms with van der Waals surface area (Å²) in [6.45, 7) is 0.370. The van der Waals surface area contributed by atoms with E-state index in [9.17, 15) is 4.79 Å². The van der Waals surface area contributed by atoms with E-state index in [1.54, 1.807) is 25.1 Å². The summed E-state index contributed by atoms with van der Waals surface area (Å²) in [5.41, 5.74) is 2.91. The van der Waals surface area contributed by atoms with Crippen LogP contribution in [-0.2, 0) is 11.4 Å². The zero-order valence-electron chi connectivity index (χ0n) is 15.1. The molecule has 0 saturated carbocycles. The summed E-state index contributed by atoms with van der Waals surface area (Å²) in [5, 5.41) is 10.4. The number of hydrogen-bond acceptors (Lipinski definition) is 5. The molecule has 8 heteroatoms. The highest BCUT2D eigenvalue weighted by molar-refractivity contribution is 8.00. The van der Waals surface area contributed by atoms with Crippen molar-refractivity contribution < 1.29 is 14.3 Å². The molecule has 2 aromatic carbocycles. The number of carbonyl (C=O) groups excluding carboxylic acids is 1. The zero-order valence-corrected chi connectivity index (χ0v) is 16.6. The smallest absolute Gasteiger partial charge is 0.235 e.